The van der Waals surface area contributed by atoms with Crippen LogP contribution in [0.1, 0.15) is 5.56 Å². The Morgan fingerprint density at radius 3 is 2.75 bits per heavy atom. The molecule has 3 rings (SSSR count). The average molecular weight is 358 g/mol. The smallest absolute Gasteiger partial charge is 0.230 e. The van der Waals surface area contributed by atoms with E-state index in [0.717, 1.165) is 26.5 Å². The molecule has 24 heavy (non-hydrogen) atoms. The highest BCUT2D eigenvalue weighted by molar-refractivity contribution is 8.00. The molecule has 0 spiro atoms. The first-order valence-electron chi connectivity index (χ1n) is 7.47. The number of nitrogens with one attached hydrogen (secondary N) is 1. The fourth-order valence-corrected chi connectivity index (χ4v) is 3.79. The van der Waals surface area contributed by atoms with Crippen LogP contribution in [0, 0.1) is 0 Å². The molecule has 1 amide bonds. The summed E-state index contributed by atoms with van der Waals surface area (Å²) in [4.78, 5) is 23.5. The number of carbonyl (C=O) groups is 1. The second-order valence-electron chi connectivity index (χ2n) is 5.44. The lowest BCUT2D eigenvalue weighted by atomic mass is 10.2. The van der Waals surface area contributed by atoms with Gasteiger partial charge in [-0.2, -0.15) is 0 Å². The molecule has 1 N–H and O–H groups in total. The number of fused-ring (bicyclic) bond motifs is 1. The number of thioether (sulfide) groups is 1. The normalized spacial score (nSPS) is 10.8. The zero-order valence-corrected chi connectivity index (χ0v) is 15.2. The van der Waals surface area contributed by atoms with Gasteiger partial charge in [0.15, 0.2) is 0 Å². The number of thiophene rings is 1. The van der Waals surface area contributed by atoms with Gasteiger partial charge in [-0.15, -0.1) is 11.3 Å². The molecular weight excluding hydrogens is 340 g/mol. The molecule has 124 valence electrons. The van der Waals surface area contributed by atoms with Crippen LogP contribution in [0.2, 0.25) is 0 Å². The van der Waals surface area contributed by atoms with Crippen LogP contribution >= 0.6 is 23.1 Å². The highest BCUT2D eigenvalue weighted by Crippen LogP contribution is 2.27. The number of hydrogen-bond donors (Lipinski definition) is 1. The fourth-order valence-electron chi connectivity index (χ4n) is 2.18. The Kier molecular flexibility index (Phi) is 5.32. The van der Waals surface area contributed by atoms with Gasteiger partial charge in [-0.25, -0.2) is 9.97 Å². The molecule has 2 aromatic heterocycles. The van der Waals surface area contributed by atoms with Crippen molar-refractivity contribution in [2.24, 2.45) is 0 Å². The molecule has 0 aliphatic heterocycles. The summed E-state index contributed by atoms with van der Waals surface area (Å²) < 4.78 is 0. The Bertz CT molecular complexity index is 830. The number of benzene rings is 1. The van der Waals surface area contributed by atoms with Gasteiger partial charge in [-0.05, 0) is 29.1 Å². The summed E-state index contributed by atoms with van der Waals surface area (Å²) in [6, 6.07) is 10.1. The number of carbonyl (C=O) groups excluding carboxylic acids is 1. The summed E-state index contributed by atoms with van der Waals surface area (Å²) in [5, 5.41) is 6.80. The number of rotatable bonds is 6. The summed E-state index contributed by atoms with van der Waals surface area (Å²) in [6.45, 7) is 0.532. The molecular formula is C17H18N4OS2. The molecule has 5 nitrogen and oxygen atoms in total. The van der Waals surface area contributed by atoms with Crippen LogP contribution in [0.4, 0.5) is 5.69 Å². The second-order valence-corrected chi connectivity index (χ2v) is 7.30. The molecule has 0 bridgehead atoms. The van der Waals surface area contributed by atoms with Crippen LogP contribution in [0.15, 0.2) is 47.1 Å². The topological polar surface area (TPSA) is 58.1 Å². The van der Waals surface area contributed by atoms with Crippen LogP contribution in [-0.4, -0.2) is 35.7 Å². The van der Waals surface area contributed by atoms with E-state index in [0.29, 0.717) is 12.3 Å². The SMILES string of the molecule is CN(C)c1ccc(CNC(=O)CSc2ncnc3sccc23)cc1. The highest BCUT2D eigenvalue weighted by Gasteiger charge is 2.08. The molecule has 7 heteroatoms. The molecule has 0 fully saturated rings. The van der Waals surface area contributed by atoms with Crippen molar-refractivity contribution < 1.29 is 4.79 Å². The Morgan fingerprint density at radius 1 is 1.21 bits per heavy atom. The van der Waals surface area contributed by atoms with Crippen molar-refractivity contribution in [3.63, 3.8) is 0 Å². The molecule has 1 aromatic carbocycles. The van der Waals surface area contributed by atoms with Crippen molar-refractivity contribution in [1.82, 2.24) is 15.3 Å². The fraction of sp³-hybridized carbons (Fsp3) is 0.235. The Labute approximate surface area is 149 Å². The Morgan fingerprint density at radius 2 is 2.00 bits per heavy atom. The molecule has 0 radical (unpaired) electrons. The largest absolute Gasteiger partial charge is 0.378 e. The quantitative estimate of drug-likeness (QED) is 0.542. The Hall–Kier alpha value is -2.12. The minimum atomic E-state index is -0.00122. The van der Waals surface area contributed by atoms with Crippen LogP contribution in [0.25, 0.3) is 10.2 Å². The van der Waals surface area contributed by atoms with Crippen molar-refractivity contribution >= 4 is 44.9 Å². The number of anilines is 1. The van der Waals surface area contributed by atoms with Gasteiger partial charge in [0.1, 0.15) is 16.2 Å². The first kappa shape index (κ1) is 16.7. The third-order valence-corrected chi connectivity index (χ3v) is 5.33. The first-order chi connectivity index (χ1) is 11.6. The van der Waals surface area contributed by atoms with Crippen LogP contribution in [0.3, 0.4) is 0 Å². The molecule has 0 saturated carbocycles. The summed E-state index contributed by atoms with van der Waals surface area (Å²) in [5.41, 5.74) is 2.23. The Balaban J connectivity index is 1.51. The van der Waals surface area contributed by atoms with Crippen molar-refractivity contribution in [1.29, 1.82) is 0 Å². The van der Waals surface area contributed by atoms with E-state index in [-0.39, 0.29) is 5.91 Å². The van der Waals surface area contributed by atoms with Crippen molar-refractivity contribution in [2.45, 2.75) is 11.6 Å². The zero-order valence-electron chi connectivity index (χ0n) is 13.5. The minimum Gasteiger partial charge on any atom is -0.378 e. The van der Waals surface area contributed by atoms with Gasteiger partial charge < -0.3 is 10.2 Å². The summed E-state index contributed by atoms with van der Waals surface area (Å²) >= 11 is 3.02. The van der Waals surface area contributed by atoms with E-state index in [4.69, 9.17) is 0 Å². The van der Waals surface area contributed by atoms with Crippen molar-refractivity contribution in [3.05, 3.63) is 47.6 Å². The van der Waals surface area contributed by atoms with E-state index in [1.165, 1.54) is 11.8 Å². The van der Waals surface area contributed by atoms with Gasteiger partial charge >= 0.3 is 0 Å². The van der Waals surface area contributed by atoms with E-state index >= 15 is 0 Å². The van der Waals surface area contributed by atoms with Crippen LogP contribution < -0.4 is 10.2 Å². The number of nitrogens with zero attached hydrogens (tertiary/aromatic N) is 3. The average Bonchev–Trinajstić information content (AvgIpc) is 3.07. The molecule has 2 heterocycles. The number of amides is 1. The van der Waals surface area contributed by atoms with E-state index < -0.39 is 0 Å². The maximum absolute atomic E-state index is 12.1. The maximum atomic E-state index is 12.1. The predicted octanol–water partition coefficient (Wildman–Crippen LogP) is 3.17. The van der Waals surface area contributed by atoms with Crippen molar-refractivity contribution in [2.75, 3.05) is 24.7 Å². The lowest BCUT2D eigenvalue weighted by Crippen LogP contribution is -2.24. The zero-order chi connectivity index (χ0) is 16.9. The number of hydrogen-bond acceptors (Lipinski definition) is 6. The third kappa shape index (κ3) is 4.04. The number of aromatic nitrogens is 2. The molecule has 0 atom stereocenters. The van der Waals surface area contributed by atoms with Gasteiger partial charge in [0.2, 0.25) is 5.91 Å². The van der Waals surface area contributed by atoms with Gasteiger partial charge in [-0.3, -0.25) is 4.79 Å². The lowest BCUT2D eigenvalue weighted by molar-refractivity contribution is -0.118. The second kappa shape index (κ2) is 7.63. The summed E-state index contributed by atoms with van der Waals surface area (Å²) in [5.74, 6) is 0.344. The minimum absolute atomic E-state index is 0.00122. The van der Waals surface area contributed by atoms with E-state index in [9.17, 15) is 4.79 Å². The molecule has 0 aliphatic carbocycles. The van der Waals surface area contributed by atoms with Gasteiger partial charge in [0.05, 0.1) is 5.75 Å². The van der Waals surface area contributed by atoms with E-state index in [1.807, 2.05) is 54.7 Å². The van der Waals surface area contributed by atoms with E-state index in [1.54, 1.807) is 17.7 Å². The molecule has 0 aliphatic rings. The summed E-state index contributed by atoms with van der Waals surface area (Å²) in [7, 11) is 4.01. The molecule has 3 aromatic rings. The summed E-state index contributed by atoms with van der Waals surface area (Å²) in [6.07, 6.45) is 1.55. The van der Waals surface area contributed by atoms with Gasteiger partial charge in [0.25, 0.3) is 0 Å². The van der Waals surface area contributed by atoms with Crippen LogP contribution in [0.5, 0.6) is 0 Å². The monoisotopic (exact) mass is 358 g/mol. The first-order valence-corrected chi connectivity index (χ1v) is 9.34. The van der Waals surface area contributed by atoms with Gasteiger partial charge in [-0.1, -0.05) is 23.9 Å². The third-order valence-electron chi connectivity index (χ3n) is 3.51. The van der Waals surface area contributed by atoms with Crippen molar-refractivity contribution in [3.8, 4) is 0 Å². The van der Waals surface area contributed by atoms with E-state index in [2.05, 4.69) is 15.3 Å². The highest BCUT2D eigenvalue weighted by atomic mass is 32.2. The standard InChI is InChI=1S/C17H18N4OS2/c1-21(2)13-5-3-12(4-6-13)9-18-15(22)10-24-17-14-7-8-23-16(14)19-11-20-17/h3-8,11H,9-10H2,1-2H3,(H,18,22). The van der Waals surface area contributed by atoms with Crippen LogP contribution in [-0.2, 0) is 11.3 Å². The molecule has 0 unspecified atom stereocenters. The predicted molar refractivity (Wildman–Crippen MR) is 101 cm³/mol. The van der Waals surface area contributed by atoms with Gasteiger partial charge in [0, 0.05) is 31.7 Å². The maximum Gasteiger partial charge on any atom is 0.230 e. The lowest BCUT2D eigenvalue weighted by Gasteiger charge is -2.12. The molecule has 0 saturated heterocycles.